The molecule has 2 N–H and O–H groups in total. The molecule has 2 heterocycles. The Morgan fingerprint density at radius 1 is 0.974 bits per heavy atom. The van der Waals surface area contributed by atoms with E-state index in [1.807, 2.05) is 18.2 Å². The fourth-order valence-electron chi connectivity index (χ4n) is 4.72. The van der Waals surface area contributed by atoms with Gasteiger partial charge in [-0.2, -0.15) is 26.3 Å². The van der Waals surface area contributed by atoms with E-state index in [-0.39, 0.29) is 5.82 Å². The van der Waals surface area contributed by atoms with Gasteiger partial charge in [0.1, 0.15) is 11.6 Å². The lowest BCUT2D eigenvalue weighted by Crippen LogP contribution is -2.57. The van der Waals surface area contributed by atoms with Gasteiger partial charge in [0, 0.05) is 12.6 Å². The molecule has 1 spiro atoms. The van der Waals surface area contributed by atoms with E-state index in [1.54, 1.807) is 18.4 Å². The van der Waals surface area contributed by atoms with Crippen LogP contribution in [0.5, 0.6) is 0 Å². The number of benzene rings is 1. The first-order valence-corrected chi connectivity index (χ1v) is 11.8. The Kier molecular flexibility index (Phi) is 10.9. The first-order chi connectivity index (χ1) is 18.0. The molecule has 14 heteroatoms. The Bertz CT molecular complexity index is 1020. The zero-order chi connectivity index (χ0) is 29.4. The van der Waals surface area contributed by atoms with Gasteiger partial charge in [-0.3, -0.25) is 9.80 Å². The topological polar surface area (TPSA) is 94.2 Å². The second-order valence-electron chi connectivity index (χ2n) is 9.42. The van der Waals surface area contributed by atoms with Crippen molar-refractivity contribution in [3.8, 4) is 0 Å². The van der Waals surface area contributed by atoms with Crippen molar-refractivity contribution in [1.29, 1.82) is 0 Å². The van der Waals surface area contributed by atoms with Crippen molar-refractivity contribution in [3.05, 3.63) is 59.8 Å². The molecule has 39 heavy (non-hydrogen) atoms. The summed E-state index contributed by atoms with van der Waals surface area (Å²) in [7, 11) is 2.24. The van der Waals surface area contributed by atoms with Gasteiger partial charge in [-0.15, -0.1) is 0 Å². The van der Waals surface area contributed by atoms with Gasteiger partial charge in [-0.1, -0.05) is 12.1 Å². The molecule has 218 valence electrons. The lowest BCUT2D eigenvalue weighted by Gasteiger charge is -2.57. The number of hydrogen-bond acceptors (Lipinski definition) is 5. The van der Waals surface area contributed by atoms with Crippen LogP contribution in [-0.4, -0.2) is 70.5 Å². The predicted octanol–water partition coefficient (Wildman–Crippen LogP) is 5.56. The molecule has 7 nitrogen and oxygen atoms in total. The van der Waals surface area contributed by atoms with Gasteiger partial charge in [0.05, 0.1) is 12.8 Å². The number of carbonyl (C=O) groups is 2. The molecule has 4 rings (SSSR count). The third kappa shape index (κ3) is 9.84. The number of aliphatic carboxylic acids is 2. The standard InChI is InChI=1S/C21H27FN2O.2C2HF3O2/c1-23(16-19-3-2-14-25-19)20-8-9-21(20)10-12-24(13-11-21)15-17-4-6-18(22)7-5-17;2*3-2(4,5)1(6)7/h2-7,14,20H,8-13,15-16H2,1H3;2*(H,6,7). The second-order valence-corrected chi connectivity index (χ2v) is 9.42. The highest BCUT2D eigenvalue weighted by Crippen LogP contribution is 2.51. The maximum atomic E-state index is 13.0. The highest BCUT2D eigenvalue weighted by atomic mass is 19.4. The van der Waals surface area contributed by atoms with Crippen LogP contribution < -0.4 is 0 Å². The minimum Gasteiger partial charge on any atom is -0.475 e. The summed E-state index contributed by atoms with van der Waals surface area (Å²) in [6.45, 7) is 4.12. The van der Waals surface area contributed by atoms with Crippen molar-refractivity contribution in [2.45, 2.75) is 57.2 Å². The molecule has 1 aliphatic heterocycles. The molecule has 1 saturated carbocycles. The molecule has 1 aromatic heterocycles. The van der Waals surface area contributed by atoms with Gasteiger partial charge in [0.25, 0.3) is 0 Å². The Morgan fingerprint density at radius 3 is 1.87 bits per heavy atom. The quantitative estimate of drug-likeness (QED) is 0.455. The summed E-state index contributed by atoms with van der Waals surface area (Å²) in [6, 6.07) is 11.6. The number of carboxylic acid groups (broad SMARTS) is 2. The lowest BCUT2D eigenvalue weighted by atomic mass is 9.58. The van der Waals surface area contributed by atoms with E-state index in [1.165, 1.54) is 31.2 Å². The molecule has 0 radical (unpaired) electrons. The molecule has 2 aliphatic rings. The van der Waals surface area contributed by atoms with E-state index in [0.29, 0.717) is 11.5 Å². The average Bonchev–Trinajstić information content (AvgIpc) is 3.33. The van der Waals surface area contributed by atoms with Crippen LogP contribution in [0.1, 0.15) is 37.0 Å². The molecule has 1 saturated heterocycles. The average molecular weight is 571 g/mol. The Labute approximate surface area is 219 Å². The minimum atomic E-state index is -5.08. The summed E-state index contributed by atoms with van der Waals surface area (Å²) < 4.78 is 82.0. The van der Waals surface area contributed by atoms with E-state index in [0.717, 1.165) is 31.9 Å². The Hall–Kier alpha value is -3.13. The van der Waals surface area contributed by atoms with Gasteiger partial charge in [-0.05, 0) is 81.1 Å². The molecular weight excluding hydrogens is 541 g/mol. The number of rotatable bonds is 5. The molecular formula is C25H29F7N2O5. The predicted molar refractivity (Wildman–Crippen MR) is 124 cm³/mol. The fraction of sp³-hybridized carbons (Fsp3) is 0.520. The summed E-state index contributed by atoms with van der Waals surface area (Å²) in [4.78, 5) is 22.8. The van der Waals surface area contributed by atoms with Gasteiger partial charge in [-0.25, -0.2) is 14.0 Å². The van der Waals surface area contributed by atoms with Crippen LogP contribution in [0, 0.1) is 11.2 Å². The van der Waals surface area contributed by atoms with E-state index < -0.39 is 24.3 Å². The van der Waals surface area contributed by atoms with E-state index >= 15 is 0 Å². The highest BCUT2D eigenvalue weighted by molar-refractivity contribution is 5.73. The monoisotopic (exact) mass is 570 g/mol. The molecule has 0 bridgehead atoms. The number of hydrogen-bond donors (Lipinski definition) is 2. The molecule has 2 aromatic rings. The smallest absolute Gasteiger partial charge is 0.475 e. The normalized spacial score (nSPS) is 18.8. The maximum absolute atomic E-state index is 13.0. The summed E-state index contributed by atoms with van der Waals surface area (Å²) in [5.74, 6) is -4.61. The lowest BCUT2D eigenvalue weighted by molar-refractivity contribution is -0.193. The van der Waals surface area contributed by atoms with E-state index in [2.05, 4.69) is 22.9 Å². The third-order valence-corrected chi connectivity index (χ3v) is 6.80. The van der Waals surface area contributed by atoms with Crippen molar-refractivity contribution in [3.63, 3.8) is 0 Å². The van der Waals surface area contributed by atoms with Crippen LogP contribution in [0.3, 0.4) is 0 Å². The van der Waals surface area contributed by atoms with Crippen LogP contribution in [0.2, 0.25) is 0 Å². The van der Waals surface area contributed by atoms with Gasteiger partial charge >= 0.3 is 24.3 Å². The zero-order valence-corrected chi connectivity index (χ0v) is 20.9. The SMILES string of the molecule is CN(Cc1ccco1)C1CCC12CCN(Cc1ccc(F)cc1)CC2.O=C(O)C(F)(F)F.O=C(O)C(F)(F)F. The fourth-order valence-corrected chi connectivity index (χ4v) is 4.72. The second kappa shape index (κ2) is 13.3. The van der Waals surface area contributed by atoms with Crippen LogP contribution >= 0.6 is 0 Å². The van der Waals surface area contributed by atoms with Crippen LogP contribution in [0.15, 0.2) is 47.1 Å². The van der Waals surface area contributed by atoms with Crippen LogP contribution in [0.4, 0.5) is 30.7 Å². The van der Waals surface area contributed by atoms with Crippen molar-refractivity contribution in [2.75, 3.05) is 20.1 Å². The molecule has 1 unspecified atom stereocenters. The van der Waals surface area contributed by atoms with E-state index in [9.17, 15) is 30.7 Å². The summed E-state index contributed by atoms with van der Waals surface area (Å²) in [5.41, 5.74) is 1.69. The number of alkyl halides is 6. The number of piperidine rings is 1. The van der Waals surface area contributed by atoms with Crippen molar-refractivity contribution in [1.82, 2.24) is 9.80 Å². The van der Waals surface area contributed by atoms with Crippen molar-refractivity contribution < 1.29 is 55.0 Å². The molecule has 1 aromatic carbocycles. The Balaban J connectivity index is 0.000000317. The largest absolute Gasteiger partial charge is 0.490 e. The zero-order valence-electron chi connectivity index (χ0n) is 20.9. The van der Waals surface area contributed by atoms with Gasteiger partial charge < -0.3 is 14.6 Å². The number of likely N-dealkylation sites (tertiary alicyclic amines) is 1. The number of furan rings is 1. The first kappa shape index (κ1) is 32.1. The molecule has 2 fully saturated rings. The summed E-state index contributed by atoms with van der Waals surface area (Å²) >= 11 is 0. The number of nitrogens with zero attached hydrogens (tertiary/aromatic N) is 2. The third-order valence-electron chi connectivity index (χ3n) is 6.80. The molecule has 1 aliphatic carbocycles. The summed E-state index contributed by atoms with van der Waals surface area (Å²) in [5, 5.41) is 14.2. The molecule has 1 atom stereocenters. The first-order valence-electron chi connectivity index (χ1n) is 11.8. The number of halogens is 7. The van der Waals surface area contributed by atoms with Crippen molar-refractivity contribution in [2.24, 2.45) is 5.41 Å². The van der Waals surface area contributed by atoms with Gasteiger partial charge in [0.15, 0.2) is 0 Å². The number of carboxylic acids is 2. The maximum Gasteiger partial charge on any atom is 0.490 e. The summed E-state index contributed by atoms with van der Waals surface area (Å²) in [6.07, 6.45) is -3.23. The Morgan fingerprint density at radius 2 is 1.49 bits per heavy atom. The van der Waals surface area contributed by atoms with Crippen LogP contribution in [0.25, 0.3) is 0 Å². The van der Waals surface area contributed by atoms with Crippen molar-refractivity contribution >= 4 is 11.9 Å². The van der Waals surface area contributed by atoms with Crippen LogP contribution in [-0.2, 0) is 22.7 Å². The van der Waals surface area contributed by atoms with E-state index in [4.69, 9.17) is 24.2 Å². The minimum absolute atomic E-state index is 0.154. The molecule has 0 amide bonds. The van der Waals surface area contributed by atoms with Gasteiger partial charge in [0.2, 0.25) is 0 Å². The highest BCUT2D eigenvalue weighted by Gasteiger charge is 2.49.